The van der Waals surface area contributed by atoms with Crippen molar-refractivity contribution in [1.29, 1.82) is 0 Å². The molecule has 1 N–H and O–H groups in total. The molecule has 0 saturated carbocycles. The number of nitrogens with zero attached hydrogens (tertiary/aromatic N) is 3. The van der Waals surface area contributed by atoms with Crippen LogP contribution < -0.4 is 0 Å². The zero-order valence-corrected chi connectivity index (χ0v) is 12.8. The lowest BCUT2D eigenvalue weighted by molar-refractivity contribution is 0.0947. The molecule has 4 nitrogen and oxygen atoms in total. The lowest BCUT2D eigenvalue weighted by Gasteiger charge is -2.32. The van der Waals surface area contributed by atoms with Crippen molar-refractivity contribution < 1.29 is 9.50 Å². The Morgan fingerprint density at radius 1 is 1.32 bits per heavy atom. The van der Waals surface area contributed by atoms with Crippen LogP contribution in [0.25, 0.3) is 0 Å². The first kappa shape index (κ1) is 15.2. The lowest BCUT2D eigenvalue weighted by Crippen LogP contribution is -2.36. The van der Waals surface area contributed by atoms with E-state index in [1.807, 2.05) is 17.9 Å². The van der Waals surface area contributed by atoms with Crippen molar-refractivity contribution in [3.8, 4) is 0 Å². The Labute approximate surface area is 130 Å². The predicted octanol–water partition coefficient (Wildman–Crippen LogP) is 2.47. The Kier molecular flexibility index (Phi) is 4.55. The molecule has 0 radical (unpaired) electrons. The third-order valence-corrected chi connectivity index (χ3v) is 4.48. The Morgan fingerprint density at radius 2 is 2.05 bits per heavy atom. The van der Waals surface area contributed by atoms with Gasteiger partial charge in [0, 0.05) is 25.4 Å². The first-order valence-corrected chi connectivity index (χ1v) is 7.77. The van der Waals surface area contributed by atoms with Crippen molar-refractivity contribution >= 4 is 0 Å². The molecule has 1 saturated heterocycles. The van der Waals surface area contributed by atoms with E-state index >= 15 is 0 Å². The normalized spacial score (nSPS) is 18.5. The van der Waals surface area contributed by atoms with E-state index in [0.29, 0.717) is 18.0 Å². The van der Waals surface area contributed by atoms with E-state index in [4.69, 9.17) is 0 Å². The SMILES string of the molecule is Cn1cc(C2CCN(C[C@H](O)c3ccccc3F)CC2)cn1. The van der Waals surface area contributed by atoms with Gasteiger partial charge in [0.2, 0.25) is 0 Å². The van der Waals surface area contributed by atoms with Gasteiger partial charge in [-0.25, -0.2) is 4.39 Å². The van der Waals surface area contributed by atoms with Gasteiger partial charge < -0.3 is 10.0 Å². The number of aliphatic hydroxyl groups excluding tert-OH is 1. The van der Waals surface area contributed by atoms with Gasteiger partial charge in [0.15, 0.2) is 0 Å². The zero-order valence-electron chi connectivity index (χ0n) is 12.8. The number of aryl methyl sites for hydroxylation is 1. The molecule has 0 aliphatic carbocycles. The number of piperidine rings is 1. The molecular formula is C17H22FN3O. The molecule has 1 atom stereocenters. The van der Waals surface area contributed by atoms with E-state index in [2.05, 4.69) is 16.2 Å². The number of aliphatic hydroxyl groups is 1. The number of β-amino-alcohol motifs (C(OH)–C–C–N with tert-alkyl or cyclic N) is 1. The van der Waals surface area contributed by atoms with Crippen LogP contribution in [0.4, 0.5) is 4.39 Å². The van der Waals surface area contributed by atoms with Crippen molar-refractivity contribution in [3.63, 3.8) is 0 Å². The van der Waals surface area contributed by atoms with Gasteiger partial charge in [-0.2, -0.15) is 5.10 Å². The fourth-order valence-corrected chi connectivity index (χ4v) is 3.19. The standard InChI is InChI=1S/C17H22FN3O/c1-20-11-14(10-19-20)13-6-8-21(9-7-13)12-17(22)15-4-2-3-5-16(15)18/h2-5,10-11,13,17,22H,6-9,12H2,1H3/t17-/m0/s1. The van der Waals surface area contributed by atoms with Crippen LogP contribution in [0.2, 0.25) is 0 Å². The Bertz CT molecular complexity index is 620. The minimum absolute atomic E-state index is 0.333. The molecule has 118 valence electrons. The molecule has 3 rings (SSSR count). The highest BCUT2D eigenvalue weighted by Gasteiger charge is 2.24. The summed E-state index contributed by atoms with van der Waals surface area (Å²) in [4.78, 5) is 2.21. The van der Waals surface area contributed by atoms with Crippen molar-refractivity contribution in [2.75, 3.05) is 19.6 Å². The third kappa shape index (κ3) is 3.36. The Balaban J connectivity index is 1.55. The number of hydrogen-bond donors (Lipinski definition) is 1. The highest BCUT2D eigenvalue weighted by Crippen LogP contribution is 2.28. The summed E-state index contributed by atoms with van der Waals surface area (Å²) in [7, 11) is 1.93. The number of aromatic nitrogens is 2. The minimum Gasteiger partial charge on any atom is -0.387 e. The molecule has 0 unspecified atom stereocenters. The average molecular weight is 303 g/mol. The monoisotopic (exact) mass is 303 g/mol. The second kappa shape index (κ2) is 6.58. The van der Waals surface area contributed by atoms with Gasteiger partial charge in [-0.3, -0.25) is 4.68 Å². The van der Waals surface area contributed by atoms with Gasteiger partial charge in [-0.15, -0.1) is 0 Å². The van der Waals surface area contributed by atoms with Crippen LogP contribution in [0.15, 0.2) is 36.7 Å². The van der Waals surface area contributed by atoms with Crippen LogP contribution in [-0.4, -0.2) is 39.4 Å². The summed E-state index contributed by atoms with van der Waals surface area (Å²) in [6.07, 6.45) is 5.35. The van der Waals surface area contributed by atoms with E-state index in [-0.39, 0.29) is 5.82 Å². The smallest absolute Gasteiger partial charge is 0.129 e. The molecule has 22 heavy (non-hydrogen) atoms. The summed E-state index contributed by atoms with van der Waals surface area (Å²) < 4.78 is 15.5. The number of halogens is 1. The van der Waals surface area contributed by atoms with Crippen LogP contribution in [0.3, 0.4) is 0 Å². The molecule has 1 aromatic heterocycles. The molecule has 2 aromatic rings. The first-order valence-electron chi connectivity index (χ1n) is 7.77. The summed E-state index contributed by atoms with van der Waals surface area (Å²) in [5.74, 6) is 0.204. The van der Waals surface area contributed by atoms with Gasteiger partial charge in [0.05, 0.1) is 12.3 Å². The van der Waals surface area contributed by atoms with E-state index in [1.54, 1.807) is 18.2 Å². The molecule has 1 fully saturated rings. The van der Waals surface area contributed by atoms with Crippen LogP contribution in [-0.2, 0) is 7.05 Å². The first-order chi connectivity index (χ1) is 10.6. The van der Waals surface area contributed by atoms with E-state index in [1.165, 1.54) is 11.6 Å². The molecule has 5 heteroatoms. The molecular weight excluding hydrogens is 281 g/mol. The molecule has 1 aromatic carbocycles. The quantitative estimate of drug-likeness (QED) is 0.943. The minimum atomic E-state index is -0.767. The van der Waals surface area contributed by atoms with Crippen LogP contribution in [0.1, 0.15) is 36.0 Å². The van der Waals surface area contributed by atoms with E-state index < -0.39 is 6.10 Å². The molecule has 2 heterocycles. The number of rotatable bonds is 4. The summed E-state index contributed by atoms with van der Waals surface area (Å²) in [5, 5.41) is 14.5. The molecule has 1 aliphatic rings. The lowest BCUT2D eigenvalue weighted by atomic mass is 9.91. The van der Waals surface area contributed by atoms with Gasteiger partial charge in [0.1, 0.15) is 5.82 Å². The fourth-order valence-electron chi connectivity index (χ4n) is 3.19. The van der Waals surface area contributed by atoms with Gasteiger partial charge in [-0.05, 0) is 43.5 Å². The molecule has 0 spiro atoms. The second-order valence-electron chi connectivity index (χ2n) is 6.06. The molecule has 1 aliphatic heterocycles. The Hall–Kier alpha value is -1.72. The summed E-state index contributed by atoms with van der Waals surface area (Å²) in [6.45, 7) is 2.33. The summed E-state index contributed by atoms with van der Waals surface area (Å²) in [5.41, 5.74) is 1.67. The fraction of sp³-hybridized carbons (Fsp3) is 0.471. The highest BCUT2D eigenvalue weighted by atomic mass is 19.1. The van der Waals surface area contributed by atoms with Crippen LogP contribution >= 0.6 is 0 Å². The number of hydrogen-bond acceptors (Lipinski definition) is 3. The predicted molar refractivity (Wildman–Crippen MR) is 83.0 cm³/mol. The van der Waals surface area contributed by atoms with Gasteiger partial charge in [-0.1, -0.05) is 18.2 Å². The van der Waals surface area contributed by atoms with Crippen molar-refractivity contribution in [3.05, 3.63) is 53.6 Å². The Morgan fingerprint density at radius 3 is 2.68 bits per heavy atom. The second-order valence-corrected chi connectivity index (χ2v) is 6.06. The molecule has 0 amide bonds. The van der Waals surface area contributed by atoms with Crippen LogP contribution in [0, 0.1) is 5.82 Å². The maximum absolute atomic E-state index is 13.7. The topological polar surface area (TPSA) is 41.3 Å². The van der Waals surface area contributed by atoms with Crippen LogP contribution in [0.5, 0.6) is 0 Å². The summed E-state index contributed by atoms with van der Waals surface area (Å²) in [6, 6.07) is 6.46. The van der Waals surface area contributed by atoms with Crippen molar-refractivity contribution in [1.82, 2.24) is 14.7 Å². The van der Waals surface area contributed by atoms with Crippen molar-refractivity contribution in [2.45, 2.75) is 24.9 Å². The number of likely N-dealkylation sites (tertiary alicyclic amines) is 1. The maximum Gasteiger partial charge on any atom is 0.129 e. The zero-order chi connectivity index (χ0) is 15.5. The average Bonchev–Trinajstić information content (AvgIpc) is 2.95. The number of benzene rings is 1. The third-order valence-electron chi connectivity index (χ3n) is 4.48. The maximum atomic E-state index is 13.7. The van der Waals surface area contributed by atoms with E-state index in [0.717, 1.165) is 25.9 Å². The van der Waals surface area contributed by atoms with E-state index in [9.17, 15) is 9.50 Å². The van der Waals surface area contributed by atoms with Crippen molar-refractivity contribution in [2.24, 2.45) is 7.05 Å². The summed E-state index contributed by atoms with van der Waals surface area (Å²) >= 11 is 0. The molecule has 0 bridgehead atoms. The largest absolute Gasteiger partial charge is 0.387 e. The van der Waals surface area contributed by atoms with Gasteiger partial charge >= 0.3 is 0 Å². The highest BCUT2D eigenvalue weighted by molar-refractivity contribution is 5.20. The van der Waals surface area contributed by atoms with Gasteiger partial charge in [0.25, 0.3) is 0 Å².